The molecule has 1 saturated heterocycles. The first-order valence-electron chi connectivity index (χ1n) is 10.7. The summed E-state index contributed by atoms with van der Waals surface area (Å²) >= 11 is 0. The molecule has 2 rings (SSSR count). The van der Waals surface area contributed by atoms with Crippen LogP contribution < -0.4 is 4.74 Å². The highest BCUT2D eigenvalue weighted by molar-refractivity contribution is 7.89. The van der Waals surface area contributed by atoms with E-state index >= 15 is 0 Å². The summed E-state index contributed by atoms with van der Waals surface area (Å²) in [6.45, 7) is 4.85. The van der Waals surface area contributed by atoms with Crippen molar-refractivity contribution in [3.05, 3.63) is 24.3 Å². The minimum absolute atomic E-state index is 0.0442. The predicted octanol–water partition coefficient (Wildman–Crippen LogP) is 2.69. The summed E-state index contributed by atoms with van der Waals surface area (Å²) in [6.07, 6.45) is 3.26. The van der Waals surface area contributed by atoms with Gasteiger partial charge >= 0.3 is 5.97 Å². The molecule has 0 aliphatic carbocycles. The minimum atomic E-state index is -3.92. The number of methoxy groups -OCH3 is 1. The van der Waals surface area contributed by atoms with Gasteiger partial charge in [-0.1, -0.05) is 13.8 Å². The van der Waals surface area contributed by atoms with Crippen molar-refractivity contribution >= 4 is 21.9 Å². The van der Waals surface area contributed by atoms with Crippen molar-refractivity contribution in [2.45, 2.75) is 44.4 Å². The second-order valence-electron chi connectivity index (χ2n) is 8.53. The lowest BCUT2D eigenvalue weighted by Crippen LogP contribution is -2.47. The third kappa shape index (κ3) is 6.43. The second kappa shape index (κ2) is 10.9. The highest BCUT2D eigenvalue weighted by Gasteiger charge is 2.39. The van der Waals surface area contributed by atoms with Gasteiger partial charge in [0.2, 0.25) is 15.9 Å². The van der Waals surface area contributed by atoms with Crippen LogP contribution in [0.2, 0.25) is 0 Å². The topological polar surface area (TPSA) is 104 Å². The first-order valence-corrected chi connectivity index (χ1v) is 12.1. The summed E-state index contributed by atoms with van der Waals surface area (Å²) in [5.41, 5.74) is 0. The standard InChI is InChI=1S/C22H34N2O6S/c1-16(2)14-19(21(25)24-12-6-5-7-13-24)20(22(26)27)15-23(3)31(28,29)18-10-8-17(30-4)9-11-18/h8-11,16,19-20H,5-7,12-15H2,1-4H3,(H,26,27)/t19-,20+/m1/s1. The molecule has 31 heavy (non-hydrogen) atoms. The van der Waals surface area contributed by atoms with Gasteiger partial charge in [-0.2, -0.15) is 0 Å². The fourth-order valence-electron chi connectivity index (χ4n) is 3.97. The van der Waals surface area contributed by atoms with Crippen molar-refractivity contribution in [1.29, 1.82) is 0 Å². The zero-order chi connectivity index (χ0) is 23.2. The molecule has 1 amide bonds. The molecule has 0 saturated carbocycles. The maximum atomic E-state index is 13.2. The van der Waals surface area contributed by atoms with Crippen LogP contribution in [-0.2, 0) is 19.6 Å². The van der Waals surface area contributed by atoms with E-state index in [0.29, 0.717) is 25.3 Å². The van der Waals surface area contributed by atoms with E-state index in [2.05, 4.69) is 0 Å². The van der Waals surface area contributed by atoms with Gasteiger partial charge in [0.25, 0.3) is 0 Å². The maximum Gasteiger partial charge on any atom is 0.308 e. The van der Waals surface area contributed by atoms with Crippen LogP contribution >= 0.6 is 0 Å². The molecule has 0 bridgehead atoms. The smallest absolute Gasteiger partial charge is 0.308 e. The monoisotopic (exact) mass is 454 g/mol. The highest BCUT2D eigenvalue weighted by Crippen LogP contribution is 2.28. The van der Waals surface area contributed by atoms with Gasteiger partial charge < -0.3 is 14.7 Å². The number of carboxylic acid groups (broad SMARTS) is 1. The molecule has 0 radical (unpaired) electrons. The zero-order valence-corrected chi connectivity index (χ0v) is 19.6. The molecular formula is C22H34N2O6S. The van der Waals surface area contributed by atoms with Gasteiger partial charge in [0.1, 0.15) is 5.75 Å². The van der Waals surface area contributed by atoms with Crippen LogP contribution in [0.5, 0.6) is 5.75 Å². The first-order chi connectivity index (χ1) is 14.6. The van der Waals surface area contributed by atoms with Crippen LogP contribution in [0.15, 0.2) is 29.2 Å². The van der Waals surface area contributed by atoms with Gasteiger partial charge in [-0.25, -0.2) is 12.7 Å². The molecule has 1 aliphatic rings. The normalized spacial score (nSPS) is 16.9. The number of hydrogen-bond acceptors (Lipinski definition) is 5. The van der Waals surface area contributed by atoms with Crippen LogP contribution in [0, 0.1) is 17.8 Å². The summed E-state index contributed by atoms with van der Waals surface area (Å²) in [7, 11) is -1.07. The Balaban J connectivity index is 2.27. The van der Waals surface area contributed by atoms with Crippen LogP contribution in [0.3, 0.4) is 0 Å². The number of ether oxygens (including phenoxy) is 1. The predicted molar refractivity (Wildman–Crippen MR) is 117 cm³/mol. The average Bonchev–Trinajstić information content (AvgIpc) is 2.75. The number of carboxylic acids is 1. The first kappa shape index (κ1) is 25.1. The maximum absolute atomic E-state index is 13.2. The summed E-state index contributed by atoms with van der Waals surface area (Å²) in [5, 5.41) is 9.95. The third-order valence-corrected chi connectivity index (χ3v) is 7.57. The molecule has 174 valence electrons. The number of piperidine rings is 1. The number of aliphatic carboxylic acids is 1. The Morgan fingerprint density at radius 1 is 1.10 bits per heavy atom. The van der Waals surface area contributed by atoms with E-state index in [4.69, 9.17) is 4.74 Å². The fourth-order valence-corrected chi connectivity index (χ4v) is 5.17. The number of nitrogens with zero attached hydrogens (tertiary/aromatic N) is 2. The quantitative estimate of drug-likeness (QED) is 0.583. The molecule has 9 heteroatoms. The van der Waals surface area contributed by atoms with Gasteiger partial charge in [0.15, 0.2) is 0 Å². The SMILES string of the molecule is COc1ccc(S(=O)(=O)N(C)C[C@H](C(=O)O)[C@@H](CC(C)C)C(=O)N2CCCCC2)cc1. The van der Waals surface area contributed by atoms with Gasteiger partial charge in [-0.05, 0) is 55.9 Å². The van der Waals surface area contributed by atoms with Gasteiger partial charge in [-0.3, -0.25) is 9.59 Å². The molecule has 1 fully saturated rings. The van der Waals surface area contributed by atoms with Crippen LogP contribution in [-0.4, -0.2) is 68.4 Å². The van der Waals surface area contributed by atoms with Crippen molar-refractivity contribution in [3.8, 4) is 5.75 Å². The summed E-state index contributed by atoms with van der Waals surface area (Å²) in [4.78, 5) is 27.2. The molecule has 0 spiro atoms. The molecular weight excluding hydrogens is 420 g/mol. The van der Waals surface area contributed by atoms with Gasteiger partial charge in [-0.15, -0.1) is 0 Å². The number of carbonyl (C=O) groups is 2. The summed E-state index contributed by atoms with van der Waals surface area (Å²) in [5.74, 6) is -2.62. The molecule has 1 aromatic carbocycles. The molecule has 2 atom stereocenters. The highest BCUT2D eigenvalue weighted by atomic mass is 32.2. The lowest BCUT2D eigenvalue weighted by molar-refractivity contribution is -0.151. The van der Waals surface area contributed by atoms with E-state index < -0.39 is 27.8 Å². The Morgan fingerprint density at radius 3 is 2.16 bits per heavy atom. The Morgan fingerprint density at radius 2 is 1.68 bits per heavy atom. The second-order valence-corrected chi connectivity index (χ2v) is 10.6. The van der Waals surface area contributed by atoms with Crippen molar-refractivity contribution in [2.24, 2.45) is 17.8 Å². The largest absolute Gasteiger partial charge is 0.497 e. The molecule has 0 unspecified atom stereocenters. The number of likely N-dealkylation sites (tertiary alicyclic amines) is 1. The van der Waals surface area contributed by atoms with Crippen LogP contribution in [0.25, 0.3) is 0 Å². The number of hydrogen-bond donors (Lipinski definition) is 1. The Labute approximate surface area is 185 Å². The van der Waals surface area contributed by atoms with E-state index in [0.717, 1.165) is 23.6 Å². The Kier molecular flexibility index (Phi) is 8.88. The zero-order valence-electron chi connectivity index (χ0n) is 18.8. The van der Waals surface area contributed by atoms with Crippen molar-refractivity contribution in [3.63, 3.8) is 0 Å². The van der Waals surface area contributed by atoms with E-state index in [9.17, 15) is 23.1 Å². The van der Waals surface area contributed by atoms with E-state index in [1.807, 2.05) is 13.8 Å². The lowest BCUT2D eigenvalue weighted by atomic mass is 9.83. The van der Waals surface area contributed by atoms with Crippen LogP contribution in [0.4, 0.5) is 0 Å². The molecule has 1 aliphatic heterocycles. The van der Waals surface area contributed by atoms with Crippen molar-refractivity contribution in [1.82, 2.24) is 9.21 Å². The van der Waals surface area contributed by atoms with Crippen LogP contribution in [0.1, 0.15) is 39.5 Å². The number of amides is 1. The van der Waals surface area contributed by atoms with Crippen molar-refractivity contribution < 1.29 is 27.9 Å². The van der Waals surface area contributed by atoms with Gasteiger partial charge in [0, 0.05) is 26.7 Å². The third-order valence-electron chi connectivity index (χ3n) is 5.73. The number of sulfonamides is 1. The number of benzene rings is 1. The molecule has 0 aromatic heterocycles. The Bertz CT molecular complexity index is 847. The van der Waals surface area contributed by atoms with E-state index in [1.165, 1.54) is 38.4 Å². The van der Waals surface area contributed by atoms with Crippen molar-refractivity contribution in [2.75, 3.05) is 33.8 Å². The molecule has 1 aromatic rings. The lowest BCUT2D eigenvalue weighted by Gasteiger charge is -2.34. The van der Waals surface area contributed by atoms with E-state index in [-0.39, 0.29) is 23.3 Å². The Hall–Kier alpha value is -2.13. The minimum Gasteiger partial charge on any atom is -0.497 e. The number of carbonyl (C=O) groups excluding carboxylic acids is 1. The summed E-state index contributed by atoms with van der Waals surface area (Å²) in [6, 6.07) is 5.92. The fraction of sp³-hybridized carbons (Fsp3) is 0.636. The molecule has 8 nitrogen and oxygen atoms in total. The summed E-state index contributed by atoms with van der Waals surface area (Å²) < 4.78 is 32.1. The molecule has 1 heterocycles. The molecule has 1 N–H and O–H groups in total. The van der Waals surface area contributed by atoms with E-state index in [1.54, 1.807) is 4.90 Å². The van der Waals surface area contributed by atoms with Gasteiger partial charge in [0.05, 0.1) is 23.8 Å². The average molecular weight is 455 g/mol. The number of rotatable bonds is 10.